The van der Waals surface area contributed by atoms with Crippen molar-refractivity contribution in [3.05, 3.63) is 69.7 Å². The van der Waals surface area contributed by atoms with Crippen LogP contribution in [0.5, 0.6) is 0 Å². The maximum absolute atomic E-state index is 13.0. The van der Waals surface area contributed by atoms with Gasteiger partial charge < -0.3 is 20.2 Å². The monoisotopic (exact) mass is 475 g/mol. The van der Waals surface area contributed by atoms with E-state index in [1.807, 2.05) is 4.90 Å². The zero-order valence-electron chi connectivity index (χ0n) is 17.9. The summed E-state index contributed by atoms with van der Waals surface area (Å²) in [6, 6.07) is 13.5. The quantitative estimate of drug-likeness (QED) is 0.695. The summed E-state index contributed by atoms with van der Waals surface area (Å²) in [4.78, 5) is 29.4. The van der Waals surface area contributed by atoms with Gasteiger partial charge >= 0.3 is 0 Å². The number of nitrogens with one attached hydrogen (secondary N) is 1. The third-order valence-corrected chi connectivity index (χ3v) is 7.00. The Hall–Kier alpha value is -2.12. The fourth-order valence-electron chi connectivity index (χ4n) is 4.53. The first-order chi connectivity index (χ1) is 15.3. The average Bonchev–Trinajstić information content (AvgIpc) is 3.34. The third kappa shape index (κ3) is 4.94. The van der Waals surface area contributed by atoms with E-state index in [0.717, 1.165) is 6.42 Å². The van der Waals surface area contributed by atoms with E-state index in [0.29, 0.717) is 46.7 Å². The number of amides is 2. The number of benzene rings is 2. The highest BCUT2D eigenvalue weighted by Gasteiger charge is 2.38. The first kappa shape index (κ1) is 23.1. The molecule has 0 bridgehead atoms. The zero-order valence-corrected chi connectivity index (χ0v) is 19.4. The van der Waals surface area contributed by atoms with Crippen LogP contribution in [0.4, 0.5) is 0 Å². The molecule has 2 heterocycles. The van der Waals surface area contributed by atoms with Crippen LogP contribution in [0.25, 0.3) is 0 Å². The molecule has 3 unspecified atom stereocenters. The molecule has 4 atom stereocenters. The first-order valence-electron chi connectivity index (χ1n) is 10.9. The number of carbonyl (C=O) groups excluding carboxylic acids is 2. The lowest BCUT2D eigenvalue weighted by Crippen LogP contribution is -2.49. The van der Waals surface area contributed by atoms with E-state index in [9.17, 15) is 14.7 Å². The second kappa shape index (κ2) is 9.79. The van der Waals surface area contributed by atoms with Gasteiger partial charge in [-0.2, -0.15) is 0 Å². The second-order valence-electron chi connectivity index (χ2n) is 8.64. The minimum Gasteiger partial charge on any atom is -0.390 e. The summed E-state index contributed by atoms with van der Waals surface area (Å²) < 4.78 is 0. The highest BCUT2D eigenvalue weighted by molar-refractivity contribution is 6.31. The Morgan fingerprint density at radius 3 is 2.12 bits per heavy atom. The van der Waals surface area contributed by atoms with Crippen LogP contribution < -0.4 is 5.32 Å². The molecular formula is C24H27Cl2N3O3. The smallest absolute Gasteiger partial charge is 0.254 e. The summed E-state index contributed by atoms with van der Waals surface area (Å²) in [6.45, 7) is 4.08. The first-order valence-corrected chi connectivity index (χ1v) is 11.6. The standard InChI is InChI=1S/C24H27Cl2N3O3/c1-15-10-11-29(24(32)17-4-8-19(26)9-5-17)21(15)12-27-20-13-28(14-22(20)30)23(31)16-2-6-18(25)7-3-16/h2-9,15,20-22,27,30H,10-14H2,1H3/t15-,20?,21?,22?/m0/s1. The summed E-state index contributed by atoms with van der Waals surface area (Å²) in [6.07, 6.45) is 0.267. The maximum atomic E-state index is 13.0. The van der Waals surface area contributed by atoms with Crippen molar-refractivity contribution in [2.45, 2.75) is 31.5 Å². The number of aliphatic hydroxyl groups excluding tert-OH is 1. The maximum Gasteiger partial charge on any atom is 0.254 e. The van der Waals surface area contributed by atoms with E-state index in [1.165, 1.54) is 0 Å². The van der Waals surface area contributed by atoms with Crippen LogP contribution in [0.3, 0.4) is 0 Å². The average molecular weight is 476 g/mol. The van der Waals surface area contributed by atoms with Crippen LogP contribution in [-0.2, 0) is 0 Å². The molecule has 0 saturated carbocycles. The van der Waals surface area contributed by atoms with Crippen molar-refractivity contribution < 1.29 is 14.7 Å². The molecule has 170 valence electrons. The summed E-state index contributed by atoms with van der Waals surface area (Å²) in [5, 5.41) is 15.1. The van der Waals surface area contributed by atoms with Crippen LogP contribution in [0, 0.1) is 5.92 Å². The lowest BCUT2D eigenvalue weighted by atomic mass is 10.0. The van der Waals surface area contributed by atoms with Crippen LogP contribution >= 0.6 is 23.2 Å². The normalized spacial score (nSPS) is 25.4. The third-order valence-electron chi connectivity index (χ3n) is 6.49. The molecule has 6 nitrogen and oxygen atoms in total. The van der Waals surface area contributed by atoms with Crippen molar-refractivity contribution in [1.29, 1.82) is 0 Å². The topological polar surface area (TPSA) is 72.9 Å². The van der Waals surface area contributed by atoms with Gasteiger partial charge in [0, 0.05) is 53.4 Å². The lowest BCUT2D eigenvalue weighted by molar-refractivity contribution is 0.0711. The Morgan fingerprint density at radius 2 is 1.53 bits per heavy atom. The fourth-order valence-corrected chi connectivity index (χ4v) is 4.78. The number of rotatable bonds is 5. The molecule has 4 rings (SSSR count). The van der Waals surface area contributed by atoms with Gasteiger partial charge in [-0.3, -0.25) is 9.59 Å². The molecule has 2 aromatic rings. The van der Waals surface area contributed by atoms with Gasteiger partial charge in [-0.25, -0.2) is 0 Å². The number of hydrogen-bond acceptors (Lipinski definition) is 4. The largest absolute Gasteiger partial charge is 0.390 e. The van der Waals surface area contributed by atoms with Crippen molar-refractivity contribution >= 4 is 35.0 Å². The Bertz CT molecular complexity index is 967. The molecule has 32 heavy (non-hydrogen) atoms. The SMILES string of the molecule is C[C@H]1CCN(C(=O)c2ccc(Cl)cc2)C1CNC1CN(C(=O)c2ccc(Cl)cc2)CC1O. The summed E-state index contributed by atoms with van der Waals surface area (Å²) in [5.74, 6) is 0.201. The number of aliphatic hydroxyl groups is 1. The predicted octanol–water partition coefficient (Wildman–Crippen LogP) is 3.32. The molecule has 0 radical (unpaired) electrons. The van der Waals surface area contributed by atoms with Crippen LogP contribution in [-0.4, -0.2) is 71.1 Å². The van der Waals surface area contributed by atoms with Crippen LogP contribution in [0.15, 0.2) is 48.5 Å². The number of carbonyl (C=O) groups is 2. The molecule has 2 aliphatic rings. The van der Waals surface area contributed by atoms with E-state index >= 15 is 0 Å². The van der Waals surface area contributed by atoms with Gasteiger partial charge in [0.2, 0.25) is 0 Å². The van der Waals surface area contributed by atoms with E-state index in [1.54, 1.807) is 53.4 Å². The van der Waals surface area contributed by atoms with Crippen molar-refractivity contribution in [2.24, 2.45) is 5.92 Å². The number of likely N-dealkylation sites (tertiary alicyclic amines) is 2. The van der Waals surface area contributed by atoms with Crippen molar-refractivity contribution in [1.82, 2.24) is 15.1 Å². The molecular weight excluding hydrogens is 449 g/mol. The molecule has 0 aliphatic carbocycles. The Morgan fingerprint density at radius 1 is 0.969 bits per heavy atom. The van der Waals surface area contributed by atoms with Gasteiger partial charge in [0.1, 0.15) is 0 Å². The highest BCUT2D eigenvalue weighted by Crippen LogP contribution is 2.26. The van der Waals surface area contributed by atoms with Crippen LogP contribution in [0.2, 0.25) is 10.0 Å². The van der Waals surface area contributed by atoms with E-state index in [-0.39, 0.29) is 30.4 Å². The molecule has 2 aliphatic heterocycles. The van der Waals surface area contributed by atoms with Crippen molar-refractivity contribution in [3.63, 3.8) is 0 Å². The van der Waals surface area contributed by atoms with Crippen molar-refractivity contribution in [2.75, 3.05) is 26.2 Å². The lowest BCUT2D eigenvalue weighted by Gasteiger charge is -2.29. The Labute approximate surface area is 198 Å². The molecule has 2 aromatic carbocycles. The second-order valence-corrected chi connectivity index (χ2v) is 9.51. The molecule has 2 fully saturated rings. The summed E-state index contributed by atoms with van der Waals surface area (Å²) >= 11 is 11.9. The van der Waals surface area contributed by atoms with Gasteiger partial charge in [0.25, 0.3) is 11.8 Å². The van der Waals surface area contributed by atoms with E-state index in [4.69, 9.17) is 23.2 Å². The number of β-amino-alcohol motifs (C(OH)–C–C–N with tert-alkyl or cyclic N) is 1. The minimum atomic E-state index is -0.664. The van der Waals surface area contributed by atoms with Gasteiger partial charge in [0.05, 0.1) is 12.1 Å². The molecule has 2 N–H and O–H groups in total. The molecule has 2 saturated heterocycles. The van der Waals surface area contributed by atoms with Gasteiger partial charge in [-0.15, -0.1) is 0 Å². The molecule has 8 heteroatoms. The number of hydrogen-bond donors (Lipinski definition) is 2. The van der Waals surface area contributed by atoms with E-state index in [2.05, 4.69) is 12.2 Å². The minimum absolute atomic E-state index is 0.00988. The number of halogens is 2. The summed E-state index contributed by atoms with van der Waals surface area (Å²) in [5.41, 5.74) is 1.17. The fraction of sp³-hybridized carbons (Fsp3) is 0.417. The van der Waals surface area contributed by atoms with Gasteiger partial charge in [-0.1, -0.05) is 30.1 Å². The molecule has 0 spiro atoms. The van der Waals surface area contributed by atoms with E-state index < -0.39 is 6.10 Å². The molecule has 2 amide bonds. The van der Waals surface area contributed by atoms with Gasteiger partial charge in [0.15, 0.2) is 0 Å². The van der Waals surface area contributed by atoms with Crippen molar-refractivity contribution in [3.8, 4) is 0 Å². The van der Waals surface area contributed by atoms with Gasteiger partial charge in [-0.05, 0) is 60.9 Å². The summed E-state index contributed by atoms with van der Waals surface area (Å²) in [7, 11) is 0. The van der Waals surface area contributed by atoms with Crippen LogP contribution in [0.1, 0.15) is 34.1 Å². The highest BCUT2D eigenvalue weighted by atomic mass is 35.5. The zero-order chi connectivity index (χ0) is 22.8. The molecule has 0 aromatic heterocycles. The predicted molar refractivity (Wildman–Crippen MR) is 125 cm³/mol. The Kier molecular flexibility index (Phi) is 7.05. The Balaban J connectivity index is 1.37. The number of nitrogens with zero attached hydrogens (tertiary/aromatic N) is 2.